The molecule has 0 aliphatic carbocycles. The number of thiophene rings is 1. The summed E-state index contributed by atoms with van der Waals surface area (Å²) >= 11 is 1.53. The summed E-state index contributed by atoms with van der Waals surface area (Å²) in [6.45, 7) is 9.88. The second-order valence-electron chi connectivity index (χ2n) is 5.02. The Hall–Kier alpha value is -1.62. The molecule has 0 aromatic carbocycles. The van der Waals surface area contributed by atoms with Gasteiger partial charge < -0.3 is 9.84 Å². The van der Waals surface area contributed by atoms with Crippen molar-refractivity contribution in [2.75, 3.05) is 0 Å². The van der Waals surface area contributed by atoms with Crippen LogP contribution in [-0.4, -0.2) is 11.1 Å². The maximum atomic E-state index is 12.3. The van der Waals surface area contributed by atoms with E-state index in [0.717, 1.165) is 33.9 Å². The van der Waals surface area contributed by atoms with E-state index in [2.05, 4.69) is 10.5 Å². The highest BCUT2D eigenvalue weighted by molar-refractivity contribution is 7.14. The number of hydrogen-bond donors (Lipinski definition) is 1. The SMILES string of the molecule is CCC(NC(=O)c1cc(C)c(C)s1)c1c(C)noc1C. The third kappa shape index (κ3) is 2.77. The van der Waals surface area contributed by atoms with Crippen LogP contribution >= 0.6 is 11.3 Å². The lowest BCUT2D eigenvalue weighted by molar-refractivity contribution is 0.0939. The molecule has 5 heteroatoms. The van der Waals surface area contributed by atoms with Crippen LogP contribution in [0, 0.1) is 27.7 Å². The van der Waals surface area contributed by atoms with E-state index in [1.807, 2.05) is 40.7 Å². The maximum absolute atomic E-state index is 12.3. The van der Waals surface area contributed by atoms with Gasteiger partial charge in [0.2, 0.25) is 0 Å². The van der Waals surface area contributed by atoms with Gasteiger partial charge >= 0.3 is 0 Å². The van der Waals surface area contributed by atoms with Gasteiger partial charge in [0.25, 0.3) is 5.91 Å². The molecule has 0 saturated heterocycles. The molecule has 108 valence electrons. The fraction of sp³-hybridized carbons (Fsp3) is 0.467. The van der Waals surface area contributed by atoms with Crippen LogP contribution in [0.5, 0.6) is 0 Å². The van der Waals surface area contributed by atoms with Gasteiger partial charge in [0.15, 0.2) is 0 Å². The van der Waals surface area contributed by atoms with E-state index in [4.69, 9.17) is 4.52 Å². The summed E-state index contributed by atoms with van der Waals surface area (Å²) in [5, 5.41) is 7.04. The van der Waals surface area contributed by atoms with E-state index < -0.39 is 0 Å². The molecule has 0 radical (unpaired) electrons. The molecule has 0 aliphatic heterocycles. The van der Waals surface area contributed by atoms with Gasteiger partial charge in [-0.25, -0.2) is 0 Å². The summed E-state index contributed by atoms with van der Waals surface area (Å²) < 4.78 is 5.19. The van der Waals surface area contributed by atoms with Gasteiger partial charge in [-0.1, -0.05) is 12.1 Å². The zero-order chi connectivity index (χ0) is 14.9. The Kier molecular flexibility index (Phi) is 4.28. The van der Waals surface area contributed by atoms with E-state index in [-0.39, 0.29) is 11.9 Å². The molecule has 1 unspecified atom stereocenters. The predicted molar refractivity (Wildman–Crippen MR) is 80.3 cm³/mol. The third-order valence-corrected chi connectivity index (χ3v) is 4.69. The molecule has 1 N–H and O–H groups in total. The molecule has 20 heavy (non-hydrogen) atoms. The van der Waals surface area contributed by atoms with Crippen molar-refractivity contribution in [3.8, 4) is 0 Å². The second-order valence-corrected chi connectivity index (χ2v) is 6.28. The molecule has 4 nitrogen and oxygen atoms in total. The Labute approximate surface area is 123 Å². The second kappa shape index (κ2) is 5.79. The first-order chi connectivity index (χ1) is 9.43. The number of aromatic nitrogens is 1. The summed E-state index contributed by atoms with van der Waals surface area (Å²) in [5.74, 6) is 0.742. The van der Waals surface area contributed by atoms with Gasteiger partial charge in [0.1, 0.15) is 5.76 Å². The van der Waals surface area contributed by atoms with E-state index in [1.165, 1.54) is 16.2 Å². The highest BCUT2D eigenvalue weighted by Gasteiger charge is 2.22. The van der Waals surface area contributed by atoms with Gasteiger partial charge in [-0.05, 0) is 45.7 Å². The van der Waals surface area contributed by atoms with Crippen molar-refractivity contribution >= 4 is 17.2 Å². The van der Waals surface area contributed by atoms with Crippen molar-refractivity contribution in [1.82, 2.24) is 10.5 Å². The standard InChI is InChI=1S/C15H20N2O2S/c1-6-12(14-9(3)17-19-10(14)4)16-15(18)13-7-8(2)11(5)20-13/h7,12H,6H2,1-5H3,(H,16,18). The van der Waals surface area contributed by atoms with E-state index in [1.54, 1.807) is 0 Å². The number of nitrogens with one attached hydrogen (secondary N) is 1. The Balaban J connectivity index is 2.20. The smallest absolute Gasteiger partial charge is 0.261 e. The number of hydrogen-bond acceptors (Lipinski definition) is 4. The Morgan fingerprint density at radius 3 is 2.55 bits per heavy atom. The van der Waals surface area contributed by atoms with Crippen LogP contribution in [0.2, 0.25) is 0 Å². The Bertz CT molecular complexity index is 589. The van der Waals surface area contributed by atoms with Crippen molar-refractivity contribution in [3.63, 3.8) is 0 Å². The maximum Gasteiger partial charge on any atom is 0.261 e. The number of carbonyl (C=O) groups excluding carboxylic acids is 1. The van der Waals surface area contributed by atoms with E-state index in [0.29, 0.717) is 0 Å². The Morgan fingerprint density at radius 1 is 1.40 bits per heavy atom. The average Bonchev–Trinajstić information content (AvgIpc) is 2.91. The van der Waals surface area contributed by atoms with Crippen LogP contribution in [0.15, 0.2) is 10.6 Å². The van der Waals surface area contributed by atoms with Gasteiger partial charge in [-0.3, -0.25) is 4.79 Å². The van der Waals surface area contributed by atoms with E-state index in [9.17, 15) is 4.79 Å². The minimum atomic E-state index is -0.0588. The number of amides is 1. The first-order valence-electron chi connectivity index (χ1n) is 6.74. The van der Waals surface area contributed by atoms with Crippen molar-refractivity contribution in [2.45, 2.75) is 47.1 Å². The first-order valence-corrected chi connectivity index (χ1v) is 7.56. The molecule has 2 rings (SSSR count). The molecule has 0 aliphatic rings. The Morgan fingerprint density at radius 2 is 2.10 bits per heavy atom. The highest BCUT2D eigenvalue weighted by atomic mass is 32.1. The summed E-state index contributed by atoms with van der Waals surface area (Å²) in [7, 11) is 0. The molecule has 0 spiro atoms. The van der Waals surface area contributed by atoms with Gasteiger partial charge in [-0.2, -0.15) is 0 Å². The first kappa shape index (κ1) is 14.8. The summed E-state index contributed by atoms with van der Waals surface area (Å²) in [6, 6.07) is 1.88. The molecule has 0 bridgehead atoms. The quantitative estimate of drug-likeness (QED) is 0.931. The van der Waals surface area contributed by atoms with Crippen LogP contribution in [0.3, 0.4) is 0 Å². The zero-order valence-corrected chi connectivity index (χ0v) is 13.4. The summed E-state index contributed by atoms with van der Waals surface area (Å²) in [4.78, 5) is 14.3. The summed E-state index contributed by atoms with van der Waals surface area (Å²) in [6.07, 6.45) is 0.804. The monoisotopic (exact) mass is 292 g/mol. The molecule has 1 atom stereocenters. The fourth-order valence-electron chi connectivity index (χ4n) is 2.28. The van der Waals surface area contributed by atoms with Crippen LogP contribution in [0.4, 0.5) is 0 Å². The largest absolute Gasteiger partial charge is 0.361 e. The number of carbonyl (C=O) groups is 1. The lowest BCUT2D eigenvalue weighted by Gasteiger charge is -2.16. The van der Waals surface area contributed by atoms with Gasteiger partial charge in [-0.15, -0.1) is 11.3 Å². The molecule has 2 aromatic rings. The topological polar surface area (TPSA) is 55.1 Å². The minimum Gasteiger partial charge on any atom is -0.361 e. The number of rotatable bonds is 4. The van der Waals surface area contributed by atoms with Crippen molar-refractivity contribution in [3.05, 3.63) is 38.4 Å². The average molecular weight is 292 g/mol. The summed E-state index contributed by atoms with van der Waals surface area (Å²) in [5.41, 5.74) is 2.99. The van der Waals surface area contributed by atoms with Crippen LogP contribution < -0.4 is 5.32 Å². The lowest BCUT2D eigenvalue weighted by Crippen LogP contribution is -2.28. The molecular weight excluding hydrogens is 272 g/mol. The molecule has 0 saturated carbocycles. The van der Waals surface area contributed by atoms with Crippen molar-refractivity contribution in [2.24, 2.45) is 0 Å². The molecule has 2 heterocycles. The number of aryl methyl sites for hydroxylation is 4. The highest BCUT2D eigenvalue weighted by Crippen LogP contribution is 2.26. The molecule has 2 aromatic heterocycles. The van der Waals surface area contributed by atoms with Crippen molar-refractivity contribution in [1.29, 1.82) is 0 Å². The lowest BCUT2D eigenvalue weighted by atomic mass is 10.0. The van der Waals surface area contributed by atoms with Crippen molar-refractivity contribution < 1.29 is 9.32 Å². The van der Waals surface area contributed by atoms with E-state index >= 15 is 0 Å². The molecule has 1 amide bonds. The van der Waals surface area contributed by atoms with Crippen LogP contribution in [0.25, 0.3) is 0 Å². The normalized spacial score (nSPS) is 12.4. The number of nitrogens with zero attached hydrogens (tertiary/aromatic N) is 1. The third-order valence-electron chi connectivity index (χ3n) is 3.54. The molecule has 0 fully saturated rings. The zero-order valence-electron chi connectivity index (χ0n) is 12.5. The van der Waals surface area contributed by atoms with Crippen LogP contribution in [-0.2, 0) is 0 Å². The van der Waals surface area contributed by atoms with Crippen LogP contribution in [0.1, 0.15) is 56.5 Å². The van der Waals surface area contributed by atoms with Gasteiger partial charge in [0, 0.05) is 10.4 Å². The minimum absolute atomic E-state index is 0.0296. The van der Waals surface area contributed by atoms with Gasteiger partial charge in [0.05, 0.1) is 16.6 Å². The fourth-order valence-corrected chi connectivity index (χ4v) is 3.22. The molecular formula is C15H20N2O2S. The predicted octanol–water partition coefficient (Wildman–Crippen LogP) is 3.85.